The molecule has 0 rings (SSSR count). The van der Waals surface area contributed by atoms with Crippen molar-refractivity contribution in [3.8, 4) is 0 Å². The summed E-state index contributed by atoms with van der Waals surface area (Å²) in [6.45, 7) is 0. The van der Waals surface area contributed by atoms with E-state index in [0.717, 1.165) is 0 Å². The SMILES string of the molecule is O=S(=O)(O)O.[Hg].[PbH2]. The van der Waals surface area contributed by atoms with Crippen molar-refractivity contribution in [3.05, 3.63) is 0 Å². The maximum atomic E-state index is 8.74. The molecule has 0 fully saturated rings. The monoisotopic (exact) mass is 510 g/mol. The molecule has 0 saturated carbocycles. The van der Waals surface area contributed by atoms with Crippen LogP contribution in [-0.4, -0.2) is 44.8 Å². The molecule has 7 heavy (non-hydrogen) atoms. The molecule has 7 heteroatoms. The van der Waals surface area contributed by atoms with E-state index in [4.69, 9.17) is 17.5 Å². The Morgan fingerprint density at radius 3 is 1.14 bits per heavy atom. The second kappa shape index (κ2) is 5.86. The molecule has 0 unspecified atom stereocenters. The van der Waals surface area contributed by atoms with Gasteiger partial charge in [-0.3, -0.25) is 9.11 Å². The molecule has 0 amide bonds. The second-order valence-corrected chi connectivity index (χ2v) is 1.34. The van der Waals surface area contributed by atoms with Crippen LogP contribution in [0.4, 0.5) is 0 Å². The fourth-order valence-electron chi connectivity index (χ4n) is 0. The third kappa shape index (κ3) is 85.0. The van der Waals surface area contributed by atoms with Gasteiger partial charge in [-0.05, 0) is 0 Å². The van der Waals surface area contributed by atoms with Gasteiger partial charge in [0.15, 0.2) is 0 Å². The van der Waals surface area contributed by atoms with Crippen molar-refractivity contribution in [2.24, 2.45) is 0 Å². The topological polar surface area (TPSA) is 74.6 Å². The van der Waals surface area contributed by atoms with Gasteiger partial charge in [-0.25, -0.2) is 0 Å². The van der Waals surface area contributed by atoms with Crippen molar-refractivity contribution in [1.29, 1.82) is 0 Å². The zero-order valence-electron chi connectivity index (χ0n) is 3.53. The Bertz CT molecular complexity index is 94.9. The van der Waals surface area contributed by atoms with Crippen molar-refractivity contribution in [1.82, 2.24) is 0 Å². The summed E-state index contributed by atoms with van der Waals surface area (Å²) in [6, 6.07) is 0. The Morgan fingerprint density at radius 1 is 1.14 bits per heavy atom. The molecule has 0 bridgehead atoms. The van der Waals surface area contributed by atoms with E-state index in [9.17, 15) is 0 Å². The molecule has 0 aromatic carbocycles. The average molecular weight is 508 g/mol. The van der Waals surface area contributed by atoms with E-state index in [1.165, 1.54) is 0 Å². The summed E-state index contributed by atoms with van der Waals surface area (Å²) in [7, 11) is -4.67. The molecule has 2 N–H and O–H groups in total. The van der Waals surface area contributed by atoms with Gasteiger partial charge in [0.25, 0.3) is 0 Å². The van der Waals surface area contributed by atoms with Crippen LogP contribution in [0.25, 0.3) is 0 Å². The number of hydrogen-bond donors (Lipinski definition) is 2. The van der Waals surface area contributed by atoms with Crippen molar-refractivity contribution in [2.75, 3.05) is 0 Å². The van der Waals surface area contributed by atoms with Crippen molar-refractivity contribution >= 4 is 37.7 Å². The van der Waals surface area contributed by atoms with E-state index in [1.807, 2.05) is 0 Å². The summed E-state index contributed by atoms with van der Waals surface area (Å²) < 4.78 is 31.6. The van der Waals surface area contributed by atoms with E-state index in [2.05, 4.69) is 0 Å². The molecule has 0 aromatic rings. The van der Waals surface area contributed by atoms with Crippen LogP contribution in [0.1, 0.15) is 0 Å². The zero-order valence-corrected chi connectivity index (χ0v) is 15.3. The normalized spacial score (nSPS) is 8.29. The van der Waals surface area contributed by atoms with Gasteiger partial charge in [0.1, 0.15) is 0 Å². The van der Waals surface area contributed by atoms with Gasteiger partial charge in [0.05, 0.1) is 0 Å². The van der Waals surface area contributed by atoms with Crippen LogP contribution in [-0.2, 0) is 38.1 Å². The fourth-order valence-corrected chi connectivity index (χ4v) is 0. The molecule has 0 aromatic heterocycles. The Balaban J connectivity index is -0.0000000800. The van der Waals surface area contributed by atoms with E-state index in [1.54, 1.807) is 0 Å². The van der Waals surface area contributed by atoms with Crippen molar-refractivity contribution < 1.29 is 45.2 Å². The van der Waals surface area contributed by atoms with Crippen LogP contribution in [0.5, 0.6) is 0 Å². The molecular weight excluding hydrogens is 504 g/mol. The zero-order chi connectivity index (χ0) is 4.50. The molecule has 0 atom stereocenters. The van der Waals surface area contributed by atoms with E-state index in [-0.39, 0.29) is 55.0 Å². The van der Waals surface area contributed by atoms with Crippen LogP contribution in [0, 0.1) is 0 Å². The summed E-state index contributed by atoms with van der Waals surface area (Å²) in [5.41, 5.74) is 0. The maximum absolute atomic E-state index is 8.74. The van der Waals surface area contributed by atoms with Gasteiger partial charge < -0.3 is 0 Å². The fraction of sp³-hybridized carbons (Fsp3) is 0. The molecule has 2 radical (unpaired) electrons. The summed E-state index contributed by atoms with van der Waals surface area (Å²) in [5.74, 6) is 0. The minimum absolute atomic E-state index is 0. The summed E-state index contributed by atoms with van der Waals surface area (Å²) >= 11 is 0. The van der Waals surface area contributed by atoms with Crippen molar-refractivity contribution in [2.45, 2.75) is 0 Å². The Hall–Kier alpha value is 1.73. The average Bonchev–Trinajstić information content (AvgIpc) is 0.722. The first-order valence-electron chi connectivity index (χ1n) is 0.698. The number of rotatable bonds is 0. The van der Waals surface area contributed by atoms with Crippen LogP contribution < -0.4 is 0 Å². The Labute approximate surface area is 81.9 Å². The molecule has 0 heterocycles. The Morgan fingerprint density at radius 2 is 1.14 bits per heavy atom. The summed E-state index contributed by atoms with van der Waals surface area (Å²) in [6.07, 6.45) is 0. The Kier molecular flexibility index (Phi) is 13.3. The van der Waals surface area contributed by atoms with Crippen LogP contribution >= 0.6 is 0 Å². The molecule has 0 saturated heterocycles. The van der Waals surface area contributed by atoms with Gasteiger partial charge >= 0.3 is 37.7 Å². The van der Waals surface area contributed by atoms with Gasteiger partial charge in [-0.15, -0.1) is 0 Å². The molecule has 0 aliphatic heterocycles. The van der Waals surface area contributed by atoms with Crippen molar-refractivity contribution in [3.63, 3.8) is 0 Å². The molecule has 0 aliphatic rings. The van der Waals surface area contributed by atoms with Gasteiger partial charge in [-0.2, -0.15) is 8.42 Å². The van der Waals surface area contributed by atoms with E-state index >= 15 is 0 Å². The van der Waals surface area contributed by atoms with Crippen LogP contribution in [0.15, 0.2) is 0 Å². The van der Waals surface area contributed by atoms with E-state index in [0.29, 0.717) is 0 Å². The van der Waals surface area contributed by atoms with E-state index < -0.39 is 10.4 Å². The molecular formula is H4HgO4PbS. The standard InChI is InChI=1S/Hg.H2O4S.Pb.2H/c;1-5(2,3)4;;;/h;(H2,1,2,3,4);;;. The second-order valence-electron chi connectivity index (χ2n) is 0.448. The molecule has 40 valence electrons. The third-order valence-electron chi connectivity index (χ3n) is 0. The molecule has 4 nitrogen and oxygen atoms in total. The molecule has 0 spiro atoms. The van der Waals surface area contributed by atoms with Gasteiger partial charge in [0, 0.05) is 27.7 Å². The van der Waals surface area contributed by atoms with Gasteiger partial charge in [0.2, 0.25) is 0 Å². The first-order chi connectivity index (χ1) is 2.00. The minimum atomic E-state index is -4.67. The van der Waals surface area contributed by atoms with Gasteiger partial charge in [-0.1, -0.05) is 0 Å². The van der Waals surface area contributed by atoms with Crippen LogP contribution in [0.2, 0.25) is 0 Å². The predicted molar refractivity (Wildman–Crippen MR) is 22.7 cm³/mol. The first-order valence-corrected chi connectivity index (χ1v) is 2.10. The summed E-state index contributed by atoms with van der Waals surface area (Å²) in [5, 5.41) is 0. The summed E-state index contributed by atoms with van der Waals surface area (Å²) in [4.78, 5) is 0. The quantitative estimate of drug-likeness (QED) is 0.307. The predicted octanol–water partition coefficient (Wildman–Crippen LogP) is -1.57. The number of hydrogen-bond acceptors (Lipinski definition) is 2. The first kappa shape index (κ1) is 15.9. The van der Waals surface area contributed by atoms with Crippen LogP contribution in [0.3, 0.4) is 0 Å². The third-order valence-corrected chi connectivity index (χ3v) is 0. The molecule has 0 aliphatic carbocycles.